The second kappa shape index (κ2) is 5.77. The van der Waals surface area contributed by atoms with Gasteiger partial charge < -0.3 is 5.32 Å². The van der Waals surface area contributed by atoms with Gasteiger partial charge in [0.2, 0.25) is 5.91 Å². The molecule has 1 aromatic carbocycles. The molecule has 1 N–H and O–H groups in total. The van der Waals surface area contributed by atoms with Gasteiger partial charge in [-0.3, -0.25) is 4.79 Å². The number of rotatable bonds is 5. The number of amides is 1. The lowest BCUT2D eigenvalue weighted by Gasteiger charge is -2.15. The van der Waals surface area contributed by atoms with Crippen molar-refractivity contribution < 1.29 is 4.79 Å². The van der Waals surface area contributed by atoms with Crippen molar-refractivity contribution in [2.75, 3.05) is 0 Å². The smallest absolute Gasteiger partial charge is 0.223 e. The van der Waals surface area contributed by atoms with E-state index in [1.54, 1.807) is 0 Å². The molecule has 2 rings (SSSR count). The van der Waals surface area contributed by atoms with Crippen LogP contribution in [-0.4, -0.2) is 5.91 Å². The summed E-state index contributed by atoms with van der Waals surface area (Å²) < 4.78 is 0. The number of carbonyl (C=O) groups is 1. The molecule has 0 spiro atoms. The van der Waals surface area contributed by atoms with Crippen LogP contribution in [0.4, 0.5) is 0 Å². The average molecular weight is 259 g/mol. The van der Waals surface area contributed by atoms with E-state index in [2.05, 4.69) is 57.3 Å². The minimum absolute atomic E-state index is 0.105. The van der Waals surface area contributed by atoms with Crippen LogP contribution in [0.1, 0.15) is 51.3 Å². The van der Waals surface area contributed by atoms with Gasteiger partial charge in [-0.1, -0.05) is 45.0 Å². The summed E-state index contributed by atoms with van der Waals surface area (Å²) in [5.74, 6) is 1.72. The fraction of sp³-hybridized carbons (Fsp3) is 0.588. The predicted molar refractivity (Wildman–Crippen MR) is 78.8 cm³/mol. The van der Waals surface area contributed by atoms with E-state index >= 15 is 0 Å². The number of benzene rings is 1. The maximum absolute atomic E-state index is 11.9. The maximum Gasteiger partial charge on any atom is 0.223 e. The van der Waals surface area contributed by atoms with E-state index in [4.69, 9.17) is 0 Å². The summed E-state index contributed by atoms with van der Waals surface area (Å²) in [5, 5.41) is 3.11. The van der Waals surface area contributed by atoms with Gasteiger partial charge in [-0.2, -0.15) is 0 Å². The average Bonchev–Trinajstić information content (AvgIpc) is 3.06. The first-order valence-corrected chi connectivity index (χ1v) is 7.36. The van der Waals surface area contributed by atoms with E-state index in [-0.39, 0.29) is 17.9 Å². The fourth-order valence-electron chi connectivity index (χ4n) is 2.50. The molecule has 0 saturated heterocycles. The topological polar surface area (TPSA) is 29.1 Å². The minimum Gasteiger partial charge on any atom is -0.349 e. The third-order valence-corrected chi connectivity index (χ3v) is 3.93. The molecule has 2 heteroatoms. The van der Waals surface area contributed by atoms with E-state index in [0.29, 0.717) is 11.8 Å². The van der Waals surface area contributed by atoms with E-state index in [1.807, 2.05) is 0 Å². The molecule has 1 aliphatic carbocycles. The molecule has 2 nitrogen and oxygen atoms in total. The Morgan fingerprint density at radius 2 is 1.84 bits per heavy atom. The minimum atomic E-state index is 0.105. The molecule has 1 fully saturated rings. The summed E-state index contributed by atoms with van der Waals surface area (Å²) in [6, 6.07) is 8.74. The summed E-state index contributed by atoms with van der Waals surface area (Å²) in [7, 11) is 0. The molecule has 19 heavy (non-hydrogen) atoms. The molecule has 0 heterocycles. The SMILES string of the molecule is CC(C)Cc1ccc([C@H](C)NC(=O)[C@H]2C[C@@H]2C)cc1. The summed E-state index contributed by atoms with van der Waals surface area (Å²) >= 11 is 0. The molecule has 0 aromatic heterocycles. The van der Waals surface area contributed by atoms with Crippen LogP contribution < -0.4 is 5.32 Å². The van der Waals surface area contributed by atoms with Crippen LogP contribution in [0.5, 0.6) is 0 Å². The van der Waals surface area contributed by atoms with Gasteiger partial charge >= 0.3 is 0 Å². The Bertz CT molecular complexity index is 435. The highest BCUT2D eigenvalue weighted by Crippen LogP contribution is 2.38. The highest BCUT2D eigenvalue weighted by Gasteiger charge is 2.39. The molecule has 3 atom stereocenters. The number of carbonyl (C=O) groups excluding carboxylic acids is 1. The largest absolute Gasteiger partial charge is 0.349 e. The molecular weight excluding hydrogens is 234 g/mol. The third kappa shape index (κ3) is 3.82. The van der Waals surface area contributed by atoms with Crippen molar-refractivity contribution in [3.63, 3.8) is 0 Å². The molecule has 1 saturated carbocycles. The lowest BCUT2D eigenvalue weighted by atomic mass is 10.00. The molecule has 1 aromatic rings. The van der Waals surface area contributed by atoms with Crippen molar-refractivity contribution in [1.29, 1.82) is 0 Å². The Balaban J connectivity index is 1.91. The van der Waals surface area contributed by atoms with Crippen molar-refractivity contribution in [3.8, 4) is 0 Å². The zero-order chi connectivity index (χ0) is 14.0. The zero-order valence-corrected chi connectivity index (χ0v) is 12.4. The Morgan fingerprint density at radius 3 is 2.32 bits per heavy atom. The number of hydrogen-bond acceptors (Lipinski definition) is 1. The fourth-order valence-corrected chi connectivity index (χ4v) is 2.50. The second-order valence-electron chi connectivity index (χ2n) is 6.39. The van der Waals surface area contributed by atoms with Gasteiger partial charge in [-0.15, -0.1) is 0 Å². The molecule has 0 bridgehead atoms. The zero-order valence-electron chi connectivity index (χ0n) is 12.4. The summed E-state index contributed by atoms with van der Waals surface area (Å²) in [4.78, 5) is 11.9. The Hall–Kier alpha value is -1.31. The first-order valence-electron chi connectivity index (χ1n) is 7.36. The molecule has 0 aliphatic heterocycles. The van der Waals surface area contributed by atoms with Gasteiger partial charge in [0, 0.05) is 5.92 Å². The van der Waals surface area contributed by atoms with Gasteiger partial charge in [-0.25, -0.2) is 0 Å². The summed E-state index contributed by atoms with van der Waals surface area (Å²) in [5.41, 5.74) is 2.56. The monoisotopic (exact) mass is 259 g/mol. The molecule has 0 radical (unpaired) electrons. The molecule has 1 aliphatic rings. The highest BCUT2D eigenvalue weighted by atomic mass is 16.2. The molecule has 1 amide bonds. The van der Waals surface area contributed by atoms with Gasteiger partial charge in [0.15, 0.2) is 0 Å². The van der Waals surface area contributed by atoms with Gasteiger partial charge in [0.1, 0.15) is 0 Å². The van der Waals surface area contributed by atoms with Crippen molar-refractivity contribution in [2.45, 2.75) is 46.6 Å². The van der Waals surface area contributed by atoms with E-state index in [1.165, 1.54) is 11.1 Å². The van der Waals surface area contributed by atoms with Crippen LogP contribution in [0.25, 0.3) is 0 Å². The van der Waals surface area contributed by atoms with Crippen LogP contribution in [0.3, 0.4) is 0 Å². The van der Waals surface area contributed by atoms with Crippen LogP contribution in [0.15, 0.2) is 24.3 Å². The van der Waals surface area contributed by atoms with E-state index < -0.39 is 0 Å². The van der Waals surface area contributed by atoms with Crippen LogP contribution >= 0.6 is 0 Å². The quantitative estimate of drug-likeness (QED) is 0.858. The number of nitrogens with one attached hydrogen (secondary N) is 1. The molecule has 104 valence electrons. The van der Waals surface area contributed by atoms with Crippen LogP contribution in [0, 0.1) is 17.8 Å². The van der Waals surface area contributed by atoms with Crippen LogP contribution in [-0.2, 0) is 11.2 Å². The highest BCUT2D eigenvalue weighted by molar-refractivity contribution is 5.81. The van der Waals surface area contributed by atoms with Gasteiger partial charge in [0.05, 0.1) is 6.04 Å². The van der Waals surface area contributed by atoms with Crippen molar-refractivity contribution >= 4 is 5.91 Å². The standard InChI is InChI=1S/C17H25NO/c1-11(2)9-14-5-7-15(8-6-14)13(4)18-17(19)16-10-12(16)3/h5-8,11-13,16H,9-10H2,1-4H3,(H,18,19)/t12-,13-,16-/m0/s1. The van der Waals surface area contributed by atoms with Crippen molar-refractivity contribution in [1.82, 2.24) is 5.32 Å². The first kappa shape index (κ1) is 14.1. The third-order valence-electron chi connectivity index (χ3n) is 3.93. The van der Waals surface area contributed by atoms with Crippen molar-refractivity contribution in [3.05, 3.63) is 35.4 Å². The normalized spacial score (nSPS) is 23.2. The Morgan fingerprint density at radius 1 is 1.26 bits per heavy atom. The lowest BCUT2D eigenvalue weighted by Crippen LogP contribution is -2.28. The molecule has 0 unspecified atom stereocenters. The Labute approximate surface area is 116 Å². The summed E-state index contributed by atoms with van der Waals surface area (Å²) in [6.07, 6.45) is 2.16. The molecular formula is C17H25NO. The summed E-state index contributed by atoms with van der Waals surface area (Å²) in [6.45, 7) is 8.65. The second-order valence-corrected chi connectivity index (χ2v) is 6.39. The van der Waals surface area contributed by atoms with E-state index in [9.17, 15) is 4.79 Å². The predicted octanol–water partition coefficient (Wildman–Crippen LogP) is 3.72. The number of hydrogen-bond donors (Lipinski definition) is 1. The van der Waals surface area contributed by atoms with E-state index in [0.717, 1.165) is 12.8 Å². The maximum atomic E-state index is 11.9. The van der Waals surface area contributed by atoms with Crippen molar-refractivity contribution in [2.24, 2.45) is 17.8 Å². The first-order chi connectivity index (χ1) is 8.97. The van der Waals surface area contributed by atoms with Crippen LogP contribution in [0.2, 0.25) is 0 Å². The van der Waals surface area contributed by atoms with Gasteiger partial charge in [0.25, 0.3) is 0 Å². The lowest BCUT2D eigenvalue weighted by molar-refractivity contribution is -0.123. The Kier molecular flexibility index (Phi) is 4.28. The van der Waals surface area contributed by atoms with Gasteiger partial charge in [-0.05, 0) is 42.7 Å².